The van der Waals surface area contributed by atoms with Crippen LogP contribution in [-0.4, -0.2) is 105 Å². The first kappa shape index (κ1) is 39.2. The number of hydrogen-bond donors (Lipinski definition) is 5. The lowest BCUT2D eigenvalue weighted by Crippen LogP contribution is -2.65. The van der Waals surface area contributed by atoms with Gasteiger partial charge in [0.1, 0.15) is 35.5 Å². The van der Waals surface area contributed by atoms with Crippen LogP contribution in [0.5, 0.6) is 28.7 Å². The quantitative estimate of drug-likeness (QED) is 0.0807. The van der Waals surface area contributed by atoms with E-state index in [0.29, 0.717) is 67.2 Å². The van der Waals surface area contributed by atoms with E-state index in [9.17, 15) is 20.1 Å². The van der Waals surface area contributed by atoms with Gasteiger partial charge in [0.15, 0.2) is 18.1 Å². The van der Waals surface area contributed by atoms with Crippen LogP contribution in [0.1, 0.15) is 68.6 Å². The highest BCUT2D eigenvalue weighted by molar-refractivity contribution is 5.96. The Bertz CT molecular complexity index is 1730. The van der Waals surface area contributed by atoms with Crippen LogP contribution in [0.2, 0.25) is 0 Å². The maximum Gasteiger partial charge on any atom is 0.262 e. The molecule has 1 aliphatic carbocycles. The van der Waals surface area contributed by atoms with Gasteiger partial charge in [-0.15, -0.1) is 0 Å². The number of nitrogens with one attached hydrogen (secondary N) is 2. The molecule has 298 valence electrons. The summed E-state index contributed by atoms with van der Waals surface area (Å²) in [4.78, 5) is 11.6. The van der Waals surface area contributed by atoms with Crippen molar-refractivity contribution in [2.24, 2.45) is 11.8 Å². The number of fused-ring (bicyclic) bond motifs is 4. The molecule has 3 saturated heterocycles. The molecule has 5 N–H and O–H groups in total. The van der Waals surface area contributed by atoms with E-state index in [4.69, 9.17) is 23.7 Å². The van der Waals surface area contributed by atoms with Crippen molar-refractivity contribution in [3.8, 4) is 28.7 Å². The first-order valence-corrected chi connectivity index (χ1v) is 20.1. The zero-order chi connectivity index (χ0) is 38.3. The second-order valence-corrected chi connectivity index (χ2v) is 15.8. The number of anilines is 1. The summed E-state index contributed by atoms with van der Waals surface area (Å²) >= 11 is 0. The maximum atomic E-state index is 12.1. The number of ether oxygens (including phenoxy) is 5. The molecule has 0 aromatic heterocycles. The molecule has 0 spiro atoms. The Morgan fingerprint density at radius 2 is 1.76 bits per heavy atom. The highest BCUT2D eigenvalue weighted by atomic mass is 16.5. The summed E-state index contributed by atoms with van der Waals surface area (Å²) in [5.41, 5.74) is 0.815. The van der Waals surface area contributed by atoms with E-state index in [-0.39, 0.29) is 36.8 Å². The topological polar surface area (TPSA) is 148 Å². The van der Waals surface area contributed by atoms with Crippen molar-refractivity contribution in [2.45, 2.75) is 69.2 Å². The van der Waals surface area contributed by atoms with Gasteiger partial charge < -0.3 is 54.1 Å². The van der Waals surface area contributed by atoms with Gasteiger partial charge in [0.25, 0.3) is 5.91 Å². The van der Waals surface area contributed by atoms with E-state index in [1.807, 2.05) is 36.4 Å². The van der Waals surface area contributed by atoms with Gasteiger partial charge in [0, 0.05) is 49.4 Å². The first-order chi connectivity index (χ1) is 26.7. The number of carbonyl (C=O) groups is 1. The molecule has 4 aliphatic heterocycles. The Morgan fingerprint density at radius 1 is 0.982 bits per heavy atom. The molecule has 4 heterocycles. The van der Waals surface area contributed by atoms with E-state index in [1.54, 1.807) is 7.11 Å². The molecular weight excluding hydrogens is 702 g/mol. The number of amides is 1. The molecule has 1 unspecified atom stereocenters. The highest BCUT2D eigenvalue weighted by Gasteiger charge is 2.48. The minimum absolute atomic E-state index is 0.0633. The minimum Gasteiger partial charge on any atom is -0.508 e. The first-order valence-electron chi connectivity index (χ1n) is 20.1. The molecule has 3 aromatic carbocycles. The summed E-state index contributed by atoms with van der Waals surface area (Å²) in [5.74, 6) is 2.79. The molecule has 1 amide bonds. The van der Waals surface area contributed by atoms with Crippen LogP contribution in [0.25, 0.3) is 0 Å². The van der Waals surface area contributed by atoms with Gasteiger partial charge in [-0.3, -0.25) is 4.79 Å². The van der Waals surface area contributed by atoms with E-state index in [0.717, 1.165) is 48.1 Å². The number of carbonyl (C=O) groups excluding carboxylic acids is 1. The summed E-state index contributed by atoms with van der Waals surface area (Å²) in [7, 11) is 1.62. The van der Waals surface area contributed by atoms with Gasteiger partial charge in [-0.25, -0.2) is 0 Å². The molecule has 3 aromatic rings. The molecule has 5 aliphatic rings. The fourth-order valence-corrected chi connectivity index (χ4v) is 9.16. The zero-order valence-corrected chi connectivity index (χ0v) is 32.0. The summed E-state index contributed by atoms with van der Waals surface area (Å²) in [6, 6.07) is 18.7. The number of aliphatic hydroxyl groups excluding tert-OH is 1. The van der Waals surface area contributed by atoms with Gasteiger partial charge in [-0.2, -0.15) is 0 Å². The fraction of sp³-hybridized carbons (Fsp3) is 0.558. The van der Waals surface area contributed by atoms with Crippen LogP contribution in [0.4, 0.5) is 5.69 Å². The van der Waals surface area contributed by atoms with Crippen LogP contribution < -0.4 is 29.6 Å². The average Bonchev–Trinajstić information content (AvgIpc) is 3.77. The number of quaternary nitrogens is 1. The standard InChI is InChI=1S/C43H57N3O9/c1-51-39-25-34(13-14-38(39)53-21-7-17-44-26-37(48)35-23-33(47)24-36-42(35)54-28-41(49)45-36)52-22-8-18-46-19-15-30(16-20-46)40(27-46)55-29-43(50,32-11-5-6-12-32)31-9-3-2-4-10-31/h2-4,9-10,13-14,23-25,30,32,37,40,44,48,50H,5-8,11-12,15-22,26-29H2,1H3,(H-,45,47,49)/p+1/t30?,37-,40-,43?,46?/m0/s1. The van der Waals surface area contributed by atoms with Gasteiger partial charge in [0.2, 0.25) is 0 Å². The van der Waals surface area contributed by atoms with E-state index in [2.05, 4.69) is 22.8 Å². The lowest BCUT2D eigenvalue weighted by molar-refractivity contribution is -0.946. The predicted molar refractivity (Wildman–Crippen MR) is 208 cm³/mol. The van der Waals surface area contributed by atoms with Crippen molar-refractivity contribution < 1.29 is 48.3 Å². The van der Waals surface area contributed by atoms with Gasteiger partial charge in [-0.1, -0.05) is 43.2 Å². The lowest BCUT2D eigenvalue weighted by atomic mass is 9.80. The highest BCUT2D eigenvalue weighted by Crippen LogP contribution is 2.43. The molecule has 4 fully saturated rings. The summed E-state index contributed by atoms with van der Waals surface area (Å²) in [6.07, 6.45) is 7.68. The smallest absolute Gasteiger partial charge is 0.262 e. The Kier molecular flexibility index (Phi) is 12.7. The van der Waals surface area contributed by atoms with Gasteiger partial charge >= 0.3 is 0 Å². The molecule has 2 bridgehead atoms. The Balaban J connectivity index is 0.828. The Labute approximate surface area is 324 Å². The van der Waals surface area contributed by atoms with Crippen molar-refractivity contribution in [3.63, 3.8) is 0 Å². The summed E-state index contributed by atoms with van der Waals surface area (Å²) < 4.78 is 31.1. The molecule has 55 heavy (non-hydrogen) atoms. The zero-order valence-electron chi connectivity index (χ0n) is 32.0. The summed E-state index contributed by atoms with van der Waals surface area (Å²) in [6.45, 7) is 6.51. The van der Waals surface area contributed by atoms with Gasteiger partial charge in [0.05, 0.1) is 58.4 Å². The normalized spacial score (nSPS) is 23.7. The van der Waals surface area contributed by atoms with E-state index >= 15 is 0 Å². The fourth-order valence-electron chi connectivity index (χ4n) is 9.16. The number of aromatic hydroxyl groups is 1. The monoisotopic (exact) mass is 760 g/mol. The minimum atomic E-state index is -0.939. The third-order valence-corrected chi connectivity index (χ3v) is 12.2. The predicted octanol–water partition coefficient (Wildman–Crippen LogP) is 5.30. The third kappa shape index (κ3) is 9.32. The Hall–Kier alpha value is -4.07. The van der Waals surface area contributed by atoms with Crippen LogP contribution in [-0.2, 0) is 15.1 Å². The maximum absolute atomic E-state index is 12.1. The number of benzene rings is 3. The lowest BCUT2D eigenvalue weighted by Gasteiger charge is -2.53. The molecule has 0 radical (unpaired) electrons. The van der Waals surface area contributed by atoms with Crippen molar-refractivity contribution in [1.29, 1.82) is 0 Å². The molecule has 12 nitrogen and oxygen atoms in total. The second kappa shape index (κ2) is 17.8. The number of nitrogens with zero attached hydrogens (tertiary/aromatic N) is 1. The molecule has 3 atom stereocenters. The largest absolute Gasteiger partial charge is 0.508 e. The number of hydrogen-bond acceptors (Lipinski definition) is 10. The second-order valence-electron chi connectivity index (χ2n) is 15.8. The SMILES string of the molecule is COc1cc(OCCC[N+]23CCC(CC2)[C@@H](OCC(O)(c2ccccc2)C2CCCC2)C3)ccc1OCCCNC[C@H](O)c1cc(O)cc2c1OCC(=O)N2. The van der Waals surface area contributed by atoms with Crippen molar-refractivity contribution in [3.05, 3.63) is 71.8 Å². The number of phenolic OH excluding ortho intramolecular Hbond substituents is 1. The average molecular weight is 761 g/mol. The third-order valence-electron chi connectivity index (χ3n) is 12.2. The van der Waals surface area contributed by atoms with Crippen molar-refractivity contribution in [1.82, 2.24) is 5.32 Å². The number of methoxy groups -OCH3 is 1. The molecular formula is C43H58N3O9+. The van der Waals surface area contributed by atoms with Crippen LogP contribution in [0.15, 0.2) is 60.7 Å². The van der Waals surface area contributed by atoms with Crippen molar-refractivity contribution >= 4 is 11.6 Å². The number of aliphatic hydroxyl groups is 2. The molecule has 12 heteroatoms. The van der Waals surface area contributed by atoms with Gasteiger partial charge in [-0.05, 0) is 55.5 Å². The Morgan fingerprint density at radius 3 is 2.55 bits per heavy atom. The molecule has 8 rings (SSSR count). The van der Waals surface area contributed by atoms with E-state index < -0.39 is 11.7 Å². The van der Waals surface area contributed by atoms with Crippen LogP contribution in [0.3, 0.4) is 0 Å². The molecule has 1 saturated carbocycles. The van der Waals surface area contributed by atoms with Crippen molar-refractivity contribution in [2.75, 3.05) is 78.1 Å². The van der Waals surface area contributed by atoms with Crippen LogP contribution >= 0.6 is 0 Å². The summed E-state index contributed by atoms with van der Waals surface area (Å²) in [5, 5.41) is 38.7. The van der Waals surface area contributed by atoms with Crippen LogP contribution in [0, 0.1) is 11.8 Å². The number of rotatable bonds is 19. The number of piperidine rings is 3. The van der Waals surface area contributed by atoms with E-state index in [1.165, 1.54) is 50.9 Å². The number of phenols is 1.